The summed E-state index contributed by atoms with van der Waals surface area (Å²) >= 11 is 6.11. The van der Waals surface area contributed by atoms with E-state index in [1.807, 2.05) is 39.0 Å². The number of amides is 1. The number of carbonyl (C=O) groups excluding carboxylic acids is 1. The molecule has 0 radical (unpaired) electrons. The lowest BCUT2D eigenvalue weighted by molar-refractivity contribution is -0.126. The third-order valence-corrected chi connectivity index (χ3v) is 12.4. The molecule has 1 unspecified atom stereocenters. The van der Waals surface area contributed by atoms with Gasteiger partial charge < -0.3 is 19.7 Å². The van der Waals surface area contributed by atoms with Crippen molar-refractivity contribution in [1.82, 2.24) is 14.5 Å². The number of hydrogen-bond acceptors (Lipinski definition) is 6. The number of sulfonamides is 1. The molecule has 1 N–H and O–H groups in total. The molecule has 0 bridgehead atoms. The highest BCUT2D eigenvalue weighted by Gasteiger charge is 2.33. The SMILES string of the molecule is COc1cc(C)c(S(=O)(=O)N2CCC(CCOCC(=O)NCC3CCC(C(c4ccc(Cl)cc4)N(C)C)CC3)CC2)c(C)c1C. The molecule has 4 rings (SSSR count). The molecular weight excluding hydrogens is 610 g/mol. The van der Waals surface area contributed by atoms with Crippen LogP contribution in [0.25, 0.3) is 0 Å². The molecule has 1 aliphatic heterocycles. The minimum Gasteiger partial charge on any atom is -0.496 e. The molecule has 0 aromatic heterocycles. The summed E-state index contributed by atoms with van der Waals surface area (Å²) in [4.78, 5) is 15.2. The number of rotatable bonds is 13. The zero-order chi connectivity index (χ0) is 32.7. The Morgan fingerprint density at radius 1 is 1.00 bits per heavy atom. The maximum absolute atomic E-state index is 13.6. The van der Waals surface area contributed by atoms with Crippen LogP contribution in [0.2, 0.25) is 5.02 Å². The molecule has 2 fully saturated rings. The number of ether oxygens (including phenoxy) is 2. The quantitative estimate of drug-likeness (QED) is 0.253. The van der Waals surface area contributed by atoms with E-state index < -0.39 is 10.0 Å². The van der Waals surface area contributed by atoms with Gasteiger partial charge in [-0.25, -0.2) is 8.42 Å². The maximum Gasteiger partial charge on any atom is 0.246 e. The van der Waals surface area contributed by atoms with Crippen LogP contribution in [0.15, 0.2) is 35.2 Å². The lowest BCUT2D eigenvalue weighted by Crippen LogP contribution is -2.39. The highest BCUT2D eigenvalue weighted by molar-refractivity contribution is 7.89. The van der Waals surface area contributed by atoms with E-state index in [2.05, 4.69) is 36.4 Å². The van der Waals surface area contributed by atoms with Gasteiger partial charge in [0.2, 0.25) is 15.9 Å². The van der Waals surface area contributed by atoms with E-state index in [1.54, 1.807) is 11.4 Å². The number of nitrogens with one attached hydrogen (secondary N) is 1. The molecule has 45 heavy (non-hydrogen) atoms. The van der Waals surface area contributed by atoms with Crippen molar-refractivity contribution in [2.75, 3.05) is 54.1 Å². The molecule has 1 amide bonds. The number of hydrogen-bond donors (Lipinski definition) is 1. The standard InChI is InChI=1S/C35H52ClN3O5S/c1-24-21-32(43-6)25(2)26(3)35(24)45(41,42)39-18-15-27(16-19-39)17-20-44-23-33(40)37-22-28-7-9-29(10-8-28)34(38(4)5)30-11-13-31(36)14-12-30/h11-14,21,27-29,34H,7-10,15-20,22-23H2,1-6H3,(H,37,40). The van der Waals surface area contributed by atoms with Gasteiger partial charge in [0.05, 0.1) is 12.0 Å². The Morgan fingerprint density at radius 3 is 2.24 bits per heavy atom. The van der Waals surface area contributed by atoms with Gasteiger partial charge in [-0.3, -0.25) is 4.79 Å². The van der Waals surface area contributed by atoms with Crippen LogP contribution in [0, 0.1) is 38.5 Å². The first kappa shape index (κ1) is 35.7. The van der Waals surface area contributed by atoms with E-state index >= 15 is 0 Å². The second kappa shape index (κ2) is 16.1. The topological polar surface area (TPSA) is 88.2 Å². The highest BCUT2D eigenvalue weighted by atomic mass is 35.5. The maximum atomic E-state index is 13.6. The summed E-state index contributed by atoms with van der Waals surface area (Å²) in [5.74, 6) is 2.11. The summed E-state index contributed by atoms with van der Waals surface area (Å²) in [7, 11) is 2.31. The first-order valence-electron chi connectivity index (χ1n) is 16.3. The fraction of sp³-hybridized carbons (Fsp3) is 0.629. The molecule has 1 saturated carbocycles. The van der Waals surface area contributed by atoms with Crippen molar-refractivity contribution in [3.05, 3.63) is 57.6 Å². The van der Waals surface area contributed by atoms with Crippen LogP contribution < -0.4 is 10.1 Å². The number of piperidine rings is 1. The van der Waals surface area contributed by atoms with Crippen molar-refractivity contribution in [2.24, 2.45) is 17.8 Å². The third kappa shape index (κ3) is 9.01. The summed E-state index contributed by atoms with van der Waals surface area (Å²) < 4.78 is 39.9. The fourth-order valence-corrected chi connectivity index (χ4v) is 9.36. The molecule has 10 heteroatoms. The Bertz CT molecular complexity index is 1380. The van der Waals surface area contributed by atoms with Gasteiger partial charge in [-0.05, 0) is 138 Å². The van der Waals surface area contributed by atoms with Crippen molar-refractivity contribution in [3.63, 3.8) is 0 Å². The Morgan fingerprint density at radius 2 is 1.64 bits per heavy atom. The Kier molecular flexibility index (Phi) is 12.8. The predicted octanol–water partition coefficient (Wildman–Crippen LogP) is 6.31. The molecule has 8 nitrogen and oxygen atoms in total. The molecule has 2 aromatic rings. The smallest absolute Gasteiger partial charge is 0.246 e. The van der Waals surface area contributed by atoms with Crippen LogP contribution in [0.4, 0.5) is 0 Å². The minimum atomic E-state index is -3.59. The van der Waals surface area contributed by atoms with Crippen LogP contribution in [0.3, 0.4) is 0 Å². The fourth-order valence-electron chi connectivity index (χ4n) is 7.28. The Labute approximate surface area is 275 Å². The highest BCUT2D eigenvalue weighted by Crippen LogP contribution is 2.39. The zero-order valence-electron chi connectivity index (χ0n) is 27.9. The molecule has 1 atom stereocenters. The number of carbonyl (C=O) groups is 1. The molecule has 0 spiro atoms. The largest absolute Gasteiger partial charge is 0.496 e. The van der Waals surface area contributed by atoms with Crippen molar-refractivity contribution < 1.29 is 22.7 Å². The van der Waals surface area contributed by atoms with Crippen molar-refractivity contribution in [2.45, 2.75) is 76.7 Å². The minimum absolute atomic E-state index is 0.0640. The van der Waals surface area contributed by atoms with E-state index in [0.29, 0.717) is 66.2 Å². The second-order valence-electron chi connectivity index (χ2n) is 13.2. The number of aryl methyl sites for hydroxylation is 1. The van der Waals surface area contributed by atoms with Crippen LogP contribution in [0.1, 0.15) is 73.2 Å². The lowest BCUT2D eigenvalue weighted by atomic mass is 9.76. The lowest BCUT2D eigenvalue weighted by Gasteiger charge is -2.37. The summed E-state index contributed by atoms with van der Waals surface area (Å²) in [6.07, 6.45) is 6.90. The summed E-state index contributed by atoms with van der Waals surface area (Å²) in [6.45, 7) is 7.84. The molecular formula is C35H52ClN3O5S. The van der Waals surface area contributed by atoms with Crippen molar-refractivity contribution >= 4 is 27.5 Å². The average Bonchev–Trinajstić information content (AvgIpc) is 3.01. The van der Waals surface area contributed by atoms with Crippen LogP contribution in [-0.2, 0) is 19.6 Å². The molecule has 2 aliphatic rings. The van der Waals surface area contributed by atoms with Gasteiger partial charge in [0.25, 0.3) is 0 Å². The molecule has 2 aromatic carbocycles. The molecule has 1 aliphatic carbocycles. The van der Waals surface area contributed by atoms with Gasteiger partial charge in [0.15, 0.2) is 0 Å². The number of halogens is 1. The Balaban J connectivity index is 1.13. The van der Waals surface area contributed by atoms with Crippen molar-refractivity contribution in [3.8, 4) is 5.75 Å². The normalized spacial score (nSPS) is 20.7. The van der Waals surface area contributed by atoms with E-state index in [1.165, 1.54) is 5.56 Å². The second-order valence-corrected chi connectivity index (χ2v) is 15.5. The monoisotopic (exact) mass is 661 g/mol. The molecule has 250 valence electrons. The number of nitrogens with zero attached hydrogens (tertiary/aromatic N) is 2. The van der Waals surface area contributed by atoms with Gasteiger partial charge in [-0.1, -0.05) is 23.7 Å². The zero-order valence-corrected chi connectivity index (χ0v) is 29.5. The summed E-state index contributed by atoms with van der Waals surface area (Å²) in [5.41, 5.74) is 3.63. The van der Waals surface area contributed by atoms with E-state index in [4.69, 9.17) is 21.1 Å². The average molecular weight is 662 g/mol. The Hall–Kier alpha value is -2.17. The van der Waals surface area contributed by atoms with Gasteiger partial charge in [-0.15, -0.1) is 0 Å². The first-order chi connectivity index (χ1) is 21.4. The van der Waals surface area contributed by atoms with Crippen LogP contribution in [0.5, 0.6) is 5.75 Å². The van der Waals surface area contributed by atoms with E-state index in [-0.39, 0.29) is 12.5 Å². The van der Waals surface area contributed by atoms with Crippen LogP contribution >= 0.6 is 11.6 Å². The number of methoxy groups -OCH3 is 1. The third-order valence-electron chi connectivity index (χ3n) is 9.97. The van der Waals surface area contributed by atoms with Crippen LogP contribution in [-0.4, -0.2) is 77.6 Å². The molecule has 1 heterocycles. The predicted molar refractivity (Wildman–Crippen MR) is 180 cm³/mol. The summed E-state index contributed by atoms with van der Waals surface area (Å²) in [6, 6.07) is 10.4. The van der Waals surface area contributed by atoms with Gasteiger partial charge in [0, 0.05) is 37.3 Å². The van der Waals surface area contributed by atoms with E-state index in [0.717, 1.165) is 61.1 Å². The van der Waals surface area contributed by atoms with Crippen molar-refractivity contribution in [1.29, 1.82) is 0 Å². The summed E-state index contributed by atoms with van der Waals surface area (Å²) in [5, 5.41) is 3.85. The van der Waals surface area contributed by atoms with Gasteiger partial charge in [0.1, 0.15) is 12.4 Å². The number of benzene rings is 2. The van der Waals surface area contributed by atoms with Gasteiger partial charge >= 0.3 is 0 Å². The first-order valence-corrected chi connectivity index (χ1v) is 18.1. The van der Waals surface area contributed by atoms with E-state index in [9.17, 15) is 13.2 Å². The van der Waals surface area contributed by atoms with Gasteiger partial charge in [-0.2, -0.15) is 4.31 Å². The molecule has 1 saturated heterocycles.